The zero-order valence-corrected chi connectivity index (χ0v) is 25.2. The molecule has 8 nitrogen and oxygen atoms in total. The number of nitriles is 1. The highest BCUT2D eigenvalue weighted by atomic mass is 35.5. The molecule has 0 spiro atoms. The number of fused-ring (bicyclic) bond motifs is 1. The summed E-state index contributed by atoms with van der Waals surface area (Å²) in [6.45, 7) is 5.20. The third-order valence-electron chi connectivity index (χ3n) is 7.74. The molecule has 6 N–H and O–H groups in total. The number of benzene rings is 3. The fraction of sp³-hybridized carbons (Fsp3) is 0.250. The van der Waals surface area contributed by atoms with Gasteiger partial charge in [0.25, 0.3) is 0 Å². The van der Waals surface area contributed by atoms with Gasteiger partial charge in [-0.3, -0.25) is 4.98 Å². The molecule has 1 atom stereocenters. The van der Waals surface area contributed by atoms with Crippen LogP contribution < -0.4 is 22.2 Å². The fourth-order valence-corrected chi connectivity index (χ4v) is 5.79. The second-order valence-corrected chi connectivity index (χ2v) is 11.3. The van der Waals surface area contributed by atoms with E-state index in [2.05, 4.69) is 33.5 Å². The number of pyridine rings is 1. The lowest BCUT2D eigenvalue weighted by molar-refractivity contribution is 0.146. The molecule has 3 aromatic carbocycles. The predicted molar refractivity (Wildman–Crippen MR) is 172 cm³/mol. The first-order valence-corrected chi connectivity index (χ1v) is 14.8. The molecule has 1 saturated heterocycles. The number of piperidine rings is 1. The average Bonchev–Trinajstić information content (AvgIpc) is 3.02. The van der Waals surface area contributed by atoms with Crippen LogP contribution in [0.15, 0.2) is 78.8 Å². The van der Waals surface area contributed by atoms with Crippen molar-refractivity contribution in [1.29, 1.82) is 5.26 Å². The third kappa shape index (κ3) is 6.95. The minimum Gasteiger partial charge on any atom is -0.399 e. The van der Waals surface area contributed by atoms with Gasteiger partial charge in [0.05, 0.1) is 38.6 Å². The van der Waals surface area contributed by atoms with E-state index in [4.69, 9.17) is 34.8 Å². The van der Waals surface area contributed by atoms with Gasteiger partial charge in [-0.05, 0) is 55.3 Å². The van der Waals surface area contributed by atoms with Crippen molar-refractivity contribution in [2.45, 2.75) is 31.8 Å². The maximum atomic E-state index is 13.8. The van der Waals surface area contributed by atoms with Crippen LogP contribution in [0.2, 0.25) is 10.0 Å². The van der Waals surface area contributed by atoms with Crippen molar-refractivity contribution in [3.05, 3.63) is 106 Å². The van der Waals surface area contributed by atoms with Gasteiger partial charge in [0.15, 0.2) is 0 Å². The SMILES string of the molecule is CCN1CCC(N(N)/C=C(\N)[C@@H](Nc2cc(Cl)c3ncc(C#N)c(Nc4ccc(F)c(Cl)c4)c3c2)c2ccccc2)CC1. The maximum absolute atomic E-state index is 13.8. The van der Waals surface area contributed by atoms with Gasteiger partial charge in [0.2, 0.25) is 0 Å². The van der Waals surface area contributed by atoms with Gasteiger partial charge in [-0.15, -0.1) is 0 Å². The summed E-state index contributed by atoms with van der Waals surface area (Å²) in [7, 11) is 0. The molecule has 11 heteroatoms. The summed E-state index contributed by atoms with van der Waals surface area (Å²) in [5, 5.41) is 19.2. The minimum atomic E-state index is -0.540. The molecule has 0 saturated carbocycles. The Hall–Kier alpha value is -4.07. The minimum absolute atomic E-state index is 0.0416. The predicted octanol–water partition coefficient (Wildman–Crippen LogP) is 6.91. The van der Waals surface area contributed by atoms with Crippen molar-refractivity contribution in [2.75, 3.05) is 30.3 Å². The topological polar surface area (TPSA) is 119 Å². The maximum Gasteiger partial charge on any atom is 0.141 e. The van der Waals surface area contributed by atoms with E-state index >= 15 is 0 Å². The first-order chi connectivity index (χ1) is 20.8. The van der Waals surface area contributed by atoms with Gasteiger partial charge in [-0.1, -0.05) is 60.5 Å². The first-order valence-electron chi connectivity index (χ1n) is 14.1. The molecule has 0 bridgehead atoms. The standard InChI is InChI=1S/C32H33Cl2FN8/c1-2-42-12-10-24(11-13-42)43(38)19-29(37)31(20-6-4-3-5-7-20)41-23-14-25-30(40-22-8-9-28(35)26(33)15-22)21(17-36)18-39-32(25)27(34)16-23/h3-9,14-16,18-19,24,31,41H,2,10-13,37-38H2,1H3,(H,39,40)/b29-19-/t31-/m0/s1. The number of hydrazine groups is 1. The Morgan fingerprint density at radius 3 is 2.53 bits per heavy atom. The summed E-state index contributed by atoms with van der Waals surface area (Å²) < 4.78 is 13.8. The number of rotatable bonds is 9. The van der Waals surface area contributed by atoms with Crippen LogP contribution in [0.25, 0.3) is 10.9 Å². The molecule has 2 heterocycles. The number of likely N-dealkylation sites (tertiary alicyclic amines) is 1. The summed E-state index contributed by atoms with van der Waals surface area (Å²) >= 11 is 12.7. The van der Waals surface area contributed by atoms with Crippen LogP contribution >= 0.6 is 23.2 Å². The molecule has 43 heavy (non-hydrogen) atoms. The Bertz CT molecular complexity index is 1670. The number of halogens is 3. The number of nitrogens with two attached hydrogens (primary N) is 2. The van der Waals surface area contributed by atoms with E-state index in [1.165, 1.54) is 18.3 Å². The molecule has 4 aromatic rings. The largest absolute Gasteiger partial charge is 0.399 e. The zero-order valence-electron chi connectivity index (χ0n) is 23.7. The quantitative estimate of drug-likeness (QED) is 0.118. The second kappa shape index (κ2) is 13.5. The van der Waals surface area contributed by atoms with Crippen LogP contribution in [0.3, 0.4) is 0 Å². The molecular weight excluding hydrogens is 586 g/mol. The Labute approximate surface area is 260 Å². The average molecular weight is 620 g/mol. The number of nitrogens with zero attached hydrogens (tertiary/aromatic N) is 4. The number of anilines is 3. The van der Waals surface area contributed by atoms with Crippen LogP contribution in [-0.2, 0) is 0 Å². The van der Waals surface area contributed by atoms with Gasteiger partial charge in [0.1, 0.15) is 11.9 Å². The molecule has 222 valence electrons. The zero-order chi connectivity index (χ0) is 30.5. The van der Waals surface area contributed by atoms with Crippen LogP contribution in [0.5, 0.6) is 0 Å². The Morgan fingerprint density at radius 2 is 1.86 bits per heavy atom. The Balaban J connectivity index is 1.51. The summed E-state index contributed by atoms with van der Waals surface area (Å²) in [5.74, 6) is 5.98. The van der Waals surface area contributed by atoms with E-state index in [1.54, 1.807) is 23.3 Å². The monoisotopic (exact) mass is 618 g/mol. The number of hydrogen-bond acceptors (Lipinski definition) is 8. The first kappa shape index (κ1) is 30.4. The van der Waals surface area contributed by atoms with Crippen molar-refractivity contribution < 1.29 is 4.39 Å². The summed E-state index contributed by atoms with van der Waals surface area (Å²) in [6.07, 6.45) is 5.17. The van der Waals surface area contributed by atoms with Crippen LogP contribution in [0, 0.1) is 17.1 Å². The van der Waals surface area contributed by atoms with E-state index in [-0.39, 0.29) is 16.6 Å². The van der Waals surface area contributed by atoms with Gasteiger partial charge < -0.3 is 26.3 Å². The van der Waals surface area contributed by atoms with Gasteiger partial charge in [-0.25, -0.2) is 10.2 Å². The van der Waals surface area contributed by atoms with Gasteiger partial charge in [0, 0.05) is 48.3 Å². The number of nitrogens with one attached hydrogen (secondary N) is 2. The molecular formula is C32H33Cl2FN8. The molecule has 1 aliphatic rings. The van der Waals surface area contributed by atoms with Crippen molar-refractivity contribution in [3.8, 4) is 6.07 Å². The van der Waals surface area contributed by atoms with Crippen molar-refractivity contribution in [3.63, 3.8) is 0 Å². The van der Waals surface area contributed by atoms with Gasteiger partial charge >= 0.3 is 0 Å². The lowest BCUT2D eigenvalue weighted by Gasteiger charge is -2.36. The van der Waals surface area contributed by atoms with Crippen molar-refractivity contribution in [2.24, 2.45) is 11.6 Å². The third-order valence-corrected chi connectivity index (χ3v) is 8.31. The van der Waals surface area contributed by atoms with Gasteiger partial charge in [-0.2, -0.15) is 5.26 Å². The summed E-state index contributed by atoms with van der Waals surface area (Å²) in [4.78, 5) is 6.84. The molecule has 0 unspecified atom stereocenters. The van der Waals surface area contributed by atoms with Crippen molar-refractivity contribution in [1.82, 2.24) is 14.9 Å². The van der Waals surface area contributed by atoms with Crippen LogP contribution in [-0.4, -0.2) is 40.6 Å². The van der Waals surface area contributed by atoms with E-state index < -0.39 is 11.9 Å². The highest BCUT2D eigenvalue weighted by Gasteiger charge is 2.23. The highest BCUT2D eigenvalue weighted by Crippen LogP contribution is 2.37. The normalized spacial score (nSPS) is 15.2. The van der Waals surface area contributed by atoms with E-state index in [1.807, 2.05) is 36.4 Å². The lowest BCUT2D eigenvalue weighted by Crippen LogP contribution is -2.46. The molecule has 1 fully saturated rings. The Morgan fingerprint density at radius 1 is 1.14 bits per heavy atom. The number of hydrogen-bond donors (Lipinski definition) is 4. The fourth-order valence-electron chi connectivity index (χ4n) is 5.34. The van der Waals surface area contributed by atoms with E-state index in [0.717, 1.165) is 38.0 Å². The van der Waals surface area contributed by atoms with Crippen LogP contribution in [0.1, 0.15) is 36.9 Å². The smallest absolute Gasteiger partial charge is 0.141 e. The second-order valence-electron chi connectivity index (χ2n) is 10.5. The number of aromatic nitrogens is 1. The van der Waals surface area contributed by atoms with E-state index in [0.29, 0.717) is 38.7 Å². The Kier molecular flexibility index (Phi) is 9.53. The van der Waals surface area contributed by atoms with Crippen LogP contribution in [0.4, 0.5) is 21.5 Å². The molecule has 0 radical (unpaired) electrons. The molecule has 5 rings (SSSR count). The molecule has 1 aliphatic heterocycles. The molecule has 1 aromatic heterocycles. The van der Waals surface area contributed by atoms with Crippen molar-refractivity contribution >= 4 is 51.2 Å². The molecule has 0 amide bonds. The molecule has 0 aliphatic carbocycles. The lowest BCUT2D eigenvalue weighted by atomic mass is 10.0. The highest BCUT2D eigenvalue weighted by molar-refractivity contribution is 6.36. The summed E-state index contributed by atoms with van der Waals surface area (Å²) in [5.41, 5.74) is 10.6. The van der Waals surface area contributed by atoms with E-state index in [9.17, 15) is 9.65 Å². The summed E-state index contributed by atoms with van der Waals surface area (Å²) in [6, 6.07) is 19.6.